The molecule has 11 aromatic rings. The Morgan fingerprint density at radius 2 is 0.766 bits per heavy atom. The van der Waals surface area contributed by atoms with Gasteiger partial charge in [-0.05, 0) is 107 Å². The van der Waals surface area contributed by atoms with Crippen LogP contribution in [0.1, 0.15) is 25.0 Å². The highest BCUT2D eigenvalue weighted by molar-refractivity contribution is 6.25. The molecule has 1 nitrogen and oxygen atoms in total. The number of hydrogen-bond donors (Lipinski definition) is 0. The molecule has 0 saturated heterocycles. The summed E-state index contributed by atoms with van der Waals surface area (Å²) in [5.41, 5.74) is 18.2. The number of rotatable bonds is 7. The highest BCUT2D eigenvalue weighted by atomic mass is 15.1. The van der Waals surface area contributed by atoms with Crippen LogP contribution in [0, 0.1) is 0 Å². The van der Waals surface area contributed by atoms with Crippen molar-refractivity contribution in [1.82, 2.24) is 0 Å². The molecule has 0 unspecified atom stereocenters. The molecule has 0 heterocycles. The minimum atomic E-state index is -0.242. The number of para-hydroxylation sites is 1. The third-order valence-electron chi connectivity index (χ3n) is 13.7. The van der Waals surface area contributed by atoms with Crippen LogP contribution in [0.4, 0.5) is 17.1 Å². The predicted molar refractivity (Wildman–Crippen MR) is 273 cm³/mol. The third-order valence-corrected chi connectivity index (χ3v) is 13.7. The standard InChI is InChI=1S/C63H45N/c1-63(2)58-40-45(42-20-6-3-7-21-42)36-38-53(58)54-39-37-46(41-59(54)63)64(60-35-17-16-26-48(60)44-24-10-5-11-25-44)62-57-30-15-13-28-52(57)50-27-12-14-29-55(50)61(62)56-34-19-32-49-47(31-18-33-51(49)56)43-22-8-4-9-23-43/h3-41H,1-2H3. The highest BCUT2D eigenvalue weighted by Gasteiger charge is 2.37. The molecule has 0 atom stereocenters. The summed E-state index contributed by atoms with van der Waals surface area (Å²) in [5, 5.41) is 7.35. The first-order valence-corrected chi connectivity index (χ1v) is 22.3. The fourth-order valence-electron chi connectivity index (χ4n) is 10.6. The Kier molecular flexibility index (Phi) is 8.91. The molecule has 302 valence electrons. The lowest BCUT2D eigenvalue weighted by Gasteiger charge is -2.33. The Morgan fingerprint density at radius 1 is 0.297 bits per heavy atom. The van der Waals surface area contributed by atoms with Gasteiger partial charge in [-0.25, -0.2) is 0 Å². The summed E-state index contributed by atoms with van der Waals surface area (Å²) in [7, 11) is 0. The smallest absolute Gasteiger partial charge is 0.0625 e. The fraction of sp³-hybridized carbons (Fsp3) is 0.0476. The molecule has 0 bridgehead atoms. The van der Waals surface area contributed by atoms with E-state index >= 15 is 0 Å². The molecule has 1 aliphatic carbocycles. The van der Waals surface area contributed by atoms with Crippen molar-refractivity contribution in [3.05, 3.63) is 248 Å². The molecule has 0 aliphatic heterocycles. The van der Waals surface area contributed by atoms with Crippen LogP contribution in [-0.2, 0) is 5.41 Å². The van der Waals surface area contributed by atoms with Gasteiger partial charge in [0.1, 0.15) is 0 Å². The van der Waals surface area contributed by atoms with Crippen molar-refractivity contribution < 1.29 is 0 Å². The molecule has 11 aromatic carbocycles. The highest BCUT2D eigenvalue weighted by Crippen LogP contribution is 2.55. The van der Waals surface area contributed by atoms with E-state index in [9.17, 15) is 0 Å². The molecule has 0 N–H and O–H groups in total. The molecule has 12 rings (SSSR count). The average molecular weight is 816 g/mol. The lowest BCUT2D eigenvalue weighted by atomic mass is 9.81. The normalized spacial score (nSPS) is 12.7. The zero-order valence-electron chi connectivity index (χ0n) is 36.0. The van der Waals surface area contributed by atoms with Gasteiger partial charge in [-0.2, -0.15) is 0 Å². The first kappa shape index (κ1) is 37.7. The van der Waals surface area contributed by atoms with Gasteiger partial charge in [0.15, 0.2) is 0 Å². The molecule has 0 radical (unpaired) electrons. The summed E-state index contributed by atoms with van der Waals surface area (Å²) in [4.78, 5) is 2.58. The van der Waals surface area contributed by atoms with Gasteiger partial charge in [0.25, 0.3) is 0 Å². The van der Waals surface area contributed by atoms with Crippen LogP contribution in [0.25, 0.3) is 88.0 Å². The monoisotopic (exact) mass is 815 g/mol. The second kappa shape index (κ2) is 15.1. The molecule has 0 amide bonds. The summed E-state index contributed by atoms with van der Waals surface area (Å²) in [6.07, 6.45) is 0. The van der Waals surface area contributed by atoms with Crippen LogP contribution < -0.4 is 4.90 Å². The van der Waals surface area contributed by atoms with Gasteiger partial charge < -0.3 is 4.90 Å². The van der Waals surface area contributed by atoms with Gasteiger partial charge in [-0.3, -0.25) is 0 Å². The number of anilines is 3. The van der Waals surface area contributed by atoms with Crippen LogP contribution in [0.5, 0.6) is 0 Å². The maximum absolute atomic E-state index is 2.58. The zero-order valence-corrected chi connectivity index (χ0v) is 36.0. The van der Waals surface area contributed by atoms with Gasteiger partial charge in [-0.1, -0.05) is 226 Å². The van der Waals surface area contributed by atoms with Crippen LogP contribution in [0.3, 0.4) is 0 Å². The maximum Gasteiger partial charge on any atom is 0.0625 e. The lowest BCUT2D eigenvalue weighted by Crippen LogP contribution is -2.17. The Bertz CT molecular complexity index is 3570. The molecule has 0 spiro atoms. The second-order valence-electron chi connectivity index (χ2n) is 17.6. The van der Waals surface area contributed by atoms with E-state index < -0.39 is 0 Å². The van der Waals surface area contributed by atoms with Crippen molar-refractivity contribution in [2.75, 3.05) is 4.90 Å². The number of benzene rings is 11. The topological polar surface area (TPSA) is 3.24 Å². The molecule has 0 fully saturated rings. The lowest BCUT2D eigenvalue weighted by molar-refractivity contribution is 0.660. The minimum Gasteiger partial charge on any atom is -0.309 e. The third kappa shape index (κ3) is 6.00. The average Bonchev–Trinajstić information content (AvgIpc) is 3.59. The molecular weight excluding hydrogens is 771 g/mol. The Hall–Kier alpha value is -8.00. The summed E-state index contributed by atoms with van der Waals surface area (Å²) < 4.78 is 0. The van der Waals surface area contributed by atoms with Gasteiger partial charge in [0.2, 0.25) is 0 Å². The van der Waals surface area contributed by atoms with Gasteiger partial charge in [-0.15, -0.1) is 0 Å². The molecule has 1 heteroatoms. The molecule has 0 aromatic heterocycles. The van der Waals surface area contributed by atoms with Crippen molar-refractivity contribution in [2.24, 2.45) is 0 Å². The quantitative estimate of drug-likeness (QED) is 0.145. The Balaban J connectivity index is 1.18. The maximum atomic E-state index is 2.58. The van der Waals surface area contributed by atoms with Gasteiger partial charge in [0.05, 0.1) is 11.4 Å². The van der Waals surface area contributed by atoms with E-state index in [2.05, 4.69) is 255 Å². The van der Waals surface area contributed by atoms with Crippen LogP contribution >= 0.6 is 0 Å². The summed E-state index contributed by atoms with van der Waals surface area (Å²) >= 11 is 0. The molecule has 0 saturated carbocycles. The summed E-state index contributed by atoms with van der Waals surface area (Å²) in [5.74, 6) is 0. The van der Waals surface area contributed by atoms with Crippen molar-refractivity contribution in [2.45, 2.75) is 19.3 Å². The van der Waals surface area contributed by atoms with Crippen LogP contribution in [-0.4, -0.2) is 0 Å². The summed E-state index contributed by atoms with van der Waals surface area (Å²) in [6.45, 7) is 4.80. The van der Waals surface area contributed by atoms with Gasteiger partial charge >= 0.3 is 0 Å². The van der Waals surface area contributed by atoms with E-state index in [0.29, 0.717) is 0 Å². The van der Waals surface area contributed by atoms with Gasteiger partial charge in [0, 0.05) is 27.6 Å². The van der Waals surface area contributed by atoms with Crippen LogP contribution in [0.15, 0.2) is 237 Å². The zero-order chi connectivity index (χ0) is 42.8. The van der Waals surface area contributed by atoms with Crippen LogP contribution in [0.2, 0.25) is 0 Å². The molecular formula is C63H45N. The first-order chi connectivity index (χ1) is 31.5. The van der Waals surface area contributed by atoms with E-state index in [1.807, 2.05) is 0 Å². The minimum absolute atomic E-state index is 0.242. The van der Waals surface area contributed by atoms with Crippen molar-refractivity contribution >= 4 is 49.4 Å². The number of hydrogen-bond acceptors (Lipinski definition) is 1. The number of fused-ring (bicyclic) bond motifs is 7. The fourth-order valence-corrected chi connectivity index (χ4v) is 10.6. The predicted octanol–water partition coefficient (Wildman–Crippen LogP) is 17.6. The largest absolute Gasteiger partial charge is 0.309 e. The van der Waals surface area contributed by atoms with E-state index in [1.165, 1.54) is 99.1 Å². The molecule has 1 aliphatic rings. The van der Waals surface area contributed by atoms with Crippen molar-refractivity contribution in [3.63, 3.8) is 0 Å². The SMILES string of the molecule is CC1(C)c2cc(-c3ccccc3)ccc2-c2ccc(N(c3ccccc3-c3ccccc3)c3c(-c4cccc5c(-c6ccccc6)cccc45)c4ccccc4c4ccccc34)cc21. The molecule has 64 heavy (non-hydrogen) atoms. The Labute approximate surface area is 375 Å². The van der Waals surface area contributed by atoms with E-state index in [-0.39, 0.29) is 5.41 Å². The van der Waals surface area contributed by atoms with Crippen molar-refractivity contribution in [1.29, 1.82) is 0 Å². The summed E-state index contributed by atoms with van der Waals surface area (Å²) in [6, 6.07) is 87.4. The Morgan fingerprint density at radius 3 is 1.45 bits per heavy atom. The van der Waals surface area contributed by atoms with Crippen molar-refractivity contribution in [3.8, 4) is 55.6 Å². The second-order valence-corrected chi connectivity index (χ2v) is 17.6. The van der Waals surface area contributed by atoms with E-state index in [1.54, 1.807) is 0 Å². The first-order valence-electron chi connectivity index (χ1n) is 22.3. The van der Waals surface area contributed by atoms with E-state index in [4.69, 9.17) is 0 Å². The van der Waals surface area contributed by atoms with E-state index in [0.717, 1.165) is 17.1 Å². The number of nitrogens with zero attached hydrogens (tertiary/aromatic N) is 1.